The molecule has 0 aliphatic rings. The van der Waals surface area contributed by atoms with Gasteiger partial charge < -0.3 is 9.88 Å². The highest BCUT2D eigenvalue weighted by Crippen LogP contribution is 2.26. The van der Waals surface area contributed by atoms with Crippen molar-refractivity contribution in [3.8, 4) is 0 Å². The van der Waals surface area contributed by atoms with E-state index in [-0.39, 0.29) is 5.56 Å². The molecule has 6 heteroatoms. The molecule has 96 valence electrons. The molecule has 1 heterocycles. The van der Waals surface area contributed by atoms with Gasteiger partial charge in [-0.2, -0.15) is 0 Å². The summed E-state index contributed by atoms with van der Waals surface area (Å²) < 4.78 is 41.5. The zero-order valence-electron chi connectivity index (χ0n) is 9.92. The third-order valence-corrected chi connectivity index (χ3v) is 2.81. The van der Waals surface area contributed by atoms with Gasteiger partial charge in [0, 0.05) is 12.6 Å². The van der Waals surface area contributed by atoms with E-state index < -0.39 is 23.5 Å². The zero-order valence-corrected chi connectivity index (χ0v) is 9.92. The van der Waals surface area contributed by atoms with Crippen LogP contribution in [0.5, 0.6) is 0 Å². The smallest absolute Gasteiger partial charge is 0.194 e. The maximum Gasteiger partial charge on any atom is 0.194 e. The fourth-order valence-corrected chi connectivity index (χ4v) is 1.87. The second kappa shape index (κ2) is 4.81. The van der Waals surface area contributed by atoms with Gasteiger partial charge in [-0.3, -0.25) is 0 Å². The predicted octanol–water partition coefficient (Wildman–Crippen LogP) is 2.15. The van der Waals surface area contributed by atoms with E-state index in [9.17, 15) is 13.2 Å². The number of rotatable bonds is 3. The van der Waals surface area contributed by atoms with Gasteiger partial charge in [0.25, 0.3) is 0 Å². The van der Waals surface area contributed by atoms with E-state index in [1.807, 2.05) is 0 Å². The number of halogens is 3. The third kappa shape index (κ3) is 1.99. The minimum atomic E-state index is -1.46. The van der Waals surface area contributed by atoms with Gasteiger partial charge >= 0.3 is 0 Å². The first-order valence-corrected chi connectivity index (χ1v) is 5.33. The second-order valence-corrected chi connectivity index (χ2v) is 3.92. The molecule has 0 saturated heterocycles. The maximum absolute atomic E-state index is 13.7. The molecular weight excluding hydrogens is 243 g/mol. The van der Waals surface area contributed by atoms with Gasteiger partial charge in [0.15, 0.2) is 17.5 Å². The highest BCUT2D eigenvalue weighted by Gasteiger charge is 2.22. The Hall–Kier alpha value is -1.82. The van der Waals surface area contributed by atoms with Crippen LogP contribution in [0.2, 0.25) is 0 Å². The molecule has 0 aliphatic carbocycles. The van der Waals surface area contributed by atoms with Gasteiger partial charge in [0.1, 0.15) is 0 Å². The number of aromatic nitrogens is 2. The molecule has 0 spiro atoms. The number of nitrogens with one attached hydrogen (secondary N) is 1. The van der Waals surface area contributed by atoms with E-state index >= 15 is 0 Å². The number of hydrogen-bond donors (Lipinski definition) is 1. The van der Waals surface area contributed by atoms with Gasteiger partial charge in [0.05, 0.1) is 24.3 Å². The van der Waals surface area contributed by atoms with E-state index in [0.29, 0.717) is 5.69 Å². The van der Waals surface area contributed by atoms with Crippen molar-refractivity contribution in [2.24, 2.45) is 7.05 Å². The average molecular weight is 255 g/mol. The standard InChI is InChI=1S/C12H12F3N3/c1-16-12(9-5-17-6-18(9)2)7-3-4-8(13)11(15)10(7)14/h3-6,12,16H,1-2H3. The van der Waals surface area contributed by atoms with Crippen LogP contribution < -0.4 is 5.32 Å². The first-order chi connectivity index (χ1) is 8.56. The minimum Gasteiger partial charge on any atom is -0.336 e. The molecule has 0 fully saturated rings. The molecule has 0 bridgehead atoms. The van der Waals surface area contributed by atoms with Crippen LogP contribution in [-0.2, 0) is 7.05 Å². The first kappa shape index (κ1) is 12.6. The topological polar surface area (TPSA) is 29.9 Å². The molecule has 0 amide bonds. The summed E-state index contributed by atoms with van der Waals surface area (Å²) in [4.78, 5) is 3.92. The van der Waals surface area contributed by atoms with Crippen molar-refractivity contribution in [1.82, 2.24) is 14.9 Å². The van der Waals surface area contributed by atoms with Crippen LogP contribution in [0.15, 0.2) is 24.7 Å². The van der Waals surface area contributed by atoms with Crippen LogP contribution >= 0.6 is 0 Å². The van der Waals surface area contributed by atoms with Gasteiger partial charge in [-0.25, -0.2) is 18.2 Å². The van der Waals surface area contributed by atoms with Crippen molar-refractivity contribution >= 4 is 0 Å². The molecule has 2 aromatic rings. The quantitative estimate of drug-likeness (QED) is 0.852. The molecule has 1 unspecified atom stereocenters. The lowest BCUT2D eigenvalue weighted by atomic mass is 10.0. The molecule has 0 saturated carbocycles. The Bertz CT molecular complexity index is 566. The van der Waals surface area contributed by atoms with Crippen molar-refractivity contribution in [2.45, 2.75) is 6.04 Å². The summed E-state index contributed by atoms with van der Waals surface area (Å²) in [7, 11) is 3.35. The molecule has 1 atom stereocenters. The predicted molar refractivity (Wildman–Crippen MR) is 60.4 cm³/mol. The number of hydrogen-bond acceptors (Lipinski definition) is 2. The zero-order chi connectivity index (χ0) is 13.3. The molecule has 1 N–H and O–H groups in total. The van der Waals surface area contributed by atoms with Crippen molar-refractivity contribution in [2.75, 3.05) is 7.05 Å². The molecule has 18 heavy (non-hydrogen) atoms. The largest absolute Gasteiger partial charge is 0.336 e. The number of imidazole rings is 1. The number of nitrogens with zero attached hydrogens (tertiary/aromatic N) is 2. The Morgan fingerprint density at radius 1 is 1.22 bits per heavy atom. The fraction of sp³-hybridized carbons (Fsp3) is 0.250. The van der Waals surface area contributed by atoms with Crippen molar-refractivity contribution < 1.29 is 13.2 Å². The Balaban J connectivity index is 2.53. The van der Waals surface area contributed by atoms with Crippen LogP contribution in [0.1, 0.15) is 17.3 Å². The lowest BCUT2D eigenvalue weighted by Gasteiger charge is -2.18. The second-order valence-electron chi connectivity index (χ2n) is 3.92. The highest BCUT2D eigenvalue weighted by atomic mass is 19.2. The van der Waals surface area contributed by atoms with Gasteiger partial charge in [-0.05, 0) is 13.1 Å². The number of aryl methyl sites for hydroxylation is 1. The lowest BCUT2D eigenvalue weighted by Crippen LogP contribution is -2.22. The summed E-state index contributed by atoms with van der Waals surface area (Å²) >= 11 is 0. The summed E-state index contributed by atoms with van der Waals surface area (Å²) in [5.41, 5.74) is 0.697. The number of benzene rings is 1. The van der Waals surface area contributed by atoms with E-state index in [2.05, 4.69) is 10.3 Å². The molecule has 1 aromatic heterocycles. The Kier molecular flexibility index (Phi) is 3.38. The third-order valence-electron chi connectivity index (χ3n) is 2.81. The highest BCUT2D eigenvalue weighted by molar-refractivity contribution is 5.29. The maximum atomic E-state index is 13.7. The molecule has 3 nitrogen and oxygen atoms in total. The first-order valence-electron chi connectivity index (χ1n) is 5.33. The van der Waals surface area contributed by atoms with Crippen LogP contribution in [0.4, 0.5) is 13.2 Å². The molecular formula is C12H12F3N3. The van der Waals surface area contributed by atoms with Crippen LogP contribution in [0, 0.1) is 17.5 Å². The molecule has 0 radical (unpaired) electrons. The van der Waals surface area contributed by atoms with E-state index in [4.69, 9.17) is 0 Å². The van der Waals surface area contributed by atoms with Crippen molar-refractivity contribution in [3.63, 3.8) is 0 Å². The van der Waals surface area contributed by atoms with Gasteiger partial charge in [-0.1, -0.05) is 6.07 Å². The SMILES string of the molecule is CNC(c1ccc(F)c(F)c1F)c1cncn1C. The minimum absolute atomic E-state index is 0.0417. The normalized spacial score (nSPS) is 12.7. The van der Waals surface area contributed by atoms with Crippen LogP contribution in [0.25, 0.3) is 0 Å². The van der Waals surface area contributed by atoms with Crippen molar-refractivity contribution in [1.29, 1.82) is 0 Å². The van der Waals surface area contributed by atoms with Crippen LogP contribution in [-0.4, -0.2) is 16.6 Å². The van der Waals surface area contributed by atoms with E-state index in [1.54, 1.807) is 31.2 Å². The fourth-order valence-electron chi connectivity index (χ4n) is 1.87. The summed E-state index contributed by atoms with van der Waals surface area (Å²) in [6, 6.07) is 1.55. The summed E-state index contributed by atoms with van der Waals surface area (Å²) in [5, 5.41) is 2.86. The van der Waals surface area contributed by atoms with E-state index in [1.165, 1.54) is 6.07 Å². The Morgan fingerprint density at radius 3 is 2.50 bits per heavy atom. The molecule has 0 aliphatic heterocycles. The van der Waals surface area contributed by atoms with Gasteiger partial charge in [-0.15, -0.1) is 0 Å². The molecule has 2 rings (SSSR count). The summed E-state index contributed by atoms with van der Waals surface area (Å²) in [6.45, 7) is 0. The van der Waals surface area contributed by atoms with E-state index in [0.717, 1.165) is 6.07 Å². The lowest BCUT2D eigenvalue weighted by molar-refractivity contribution is 0.433. The Labute approximate surface area is 102 Å². The average Bonchev–Trinajstić information content (AvgIpc) is 2.77. The summed E-state index contributed by atoms with van der Waals surface area (Å²) in [5.74, 6) is -3.85. The summed E-state index contributed by atoms with van der Waals surface area (Å²) in [6.07, 6.45) is 3.10. The van der Waals surface area contributed by atoms with Crippen molar-refractivity contribution in [3.05, 3.63) is 53.4 Å². The Morgan fingerprint density at radius 2 is 1.94 bits per heavy atom. The molecule has 1 aromatic carbocycles. The monoisotopic (exact) mass is 255 g/mol. The van der Waals surface area contributed by atoms with Crippen LogP contribution in [0.3, 0.4) is 0 Å². The van der Waals surface area contributed by atoms with Gasteiger partial charge in [0.2, 0.25) is 0 Å².